The first-order valence-corrected chi connectivity index (χ1v) is 5.70. The van der Waals surface area contributed by atoms with Gasteiger partial charge in [-0.1, -0.05) is 0 Å². The largest absolute Gasteiger partial charge is 0.449 e. The van der Waals surface area contributed by atoms with Gasteiger partial charge in [0.2, 0.25) is 0 Å². The number of amides is 1. The minimum Gasteiger partial charge on any atom is -0.449 e. The molecule has 0 aliphatic heterocycles. The van der Waals surface area contributed by atoms with Gasteiger partial charge in [-0.2, -0.15) is 11.8 Å². The number of halogens is 1. The van der Waals surface area contributed by atoms with Crippen molar-refractivity contribution >= 4 is 17.9 Å². The van der Waals surface area contributed by atoms with E-state index in [-0.39, 0.29) is 12.2 Å². The highest BCUT2D eigenvalue weighted by molar-refractivity contribution is 7.99. The molecule has 84 valence electrons. The summed E-state index contributed by atoms with van der Waals surface area (Å²) in [6, 6.07) is 0. The van der Waals surface area contributed by atoms with Gasteiger partial charge in [0, 0.05) is 17.0 Å². The van der Waals surface area contributed by atoms with Crippen molar-refractivity contribution in [2.75, 3.05) is 24.8 Å². The van der Waals surface area contributed by atoms with Crippen molar-refractivity contribution in [1.82, 2.24) is 5.32 Å². The molecule has 0 saturated carbocycles. The van der Waals surface area contributed by atoms with E-state index in [1.165, 1.54) is 11.8 Å². The van der Waals surface area contributed by atoms with Gasteiger partial charge in [-0.15, -0.1) is 0 Å². The van der Waals surface area contributed by atoms with Gasteiger partial charge >= 0.3 is 6.09 Å². The summed E-state index contributed by atoms with van der Waals surface area (Å²) >= 11 is 1.43. The van der Waals surface area contributed by atoms with E-state index in [0.717, 1.165) is 0 Å². The van der Waals surface area contributed by atoms with Crippen molar-refractivity contribution in [3.8, 4) is 0 Å². The summed E-state index contributed by atoms with van der Waals surface area (Å²) in [5.41, 5.74) is -0.275. The highest BCUT2D eigenvalue weighted by Gasteiger charge is 2.13. The molecule has 0 spiro atoms. The molecule has 5 heteroatoms. The fourth-order valence-electron chi connectivity index (χ4n) is 0.692. The van der Waals surface area contributed by atoms with Crippen molar-refractivity contribution < 1.29 is 13.9 Å². The van der Waals surface area contributed by atoms with E-state index in [2.05, 4.69) is 5.32 Å². The Balaban J connectivity index is 3.36. The first-order valence-electron chi connectivity index (χ1n) is 4.54. The van der Waals surface area contributed by atoms with Gasteiger partial charge in [0.25, 0.3) is 0 Å². The molecule has 0 radical (unpaired) electrons. The van der Waals surface area contributed by atoms with Crippen LogP contribution in [0.1, 0.15) is 20.8 Å². The molecule has 0 saturated heterocycles. The SMILES string of the molecule is CC(C)(C)NC(=O)OCCSCCF. The molecule has 0 bridgehead atoms. The molecule has 0 fully saturated rings. The van der Waals surface area contributed by atoms with Crippen LogP contribution >= 0.6 is 11.8 Å². The van der Waals surface area contributed by atoms with Crippen LogP contribution in [0.3, 0.4) is 0 Å². The standard InChI is InChI=1S/C9H18FNO2S/c1-9(2,3)11-8(12)13-5-7-14-6-4-10/h4-7H2,1-3H3,(H,11,12). The number of nitrogens with one attached hydrogen (secondary N) is 1. The fourth-order valence-corrected chi connectivity index (χ4v) is 1.21. The lowest BCUT2D eigenvalue weighted by molar-refractivity contribution is 0.144. The summed E-state index contributed by atoms with van der Waals surface area (Å²) in [4.78, 5) is 11.1. The van der Waals surface area contributed by atoms with Gasteiger partial charge < -0.3 is 10.1 Å². The smallest absolute Gasteiger partial charge is 0.407 e. The Kier molecular flexibility index (Phi) is 6.70. The van der Waals surface area contributed by atoms with Crippen LogP contribution < -0.4 is 5.32 Å². The molecule has 0 heterocycles. The first kappa shape index (κ1) is 13.5. The Bertz CT molecular complexity index is 171. The summed E-state index contributed by atoms with van der Waals surface area (Å²) in [6.07, 6.45) is -0.418. The Hall–Kier alpha value is -0.450. The van der Waals surface area contributed by atoms with Crippen molar-refractivity contribution in [3.05, 3.63) is 0 Å². The Morgan fingerprint density at radius 2 is 2.07 bits per heavy atom. The molecule has 0 aliphatic rings. The molecular formula is C9H18FNO2S. The molecule has 0 aromatic rings. The van der Waals surface area contributed by atoms with Crippen molar-refractivity contribution in [1.29, 1.82) is 0 Å². The summed E-state index contributed by atoms with van der Waals surface area (Å²) in [6.45, 7) is 5.63. The number of hydrogen-bond donors (Lipinski definition) is 1. The van der Waals surface area contributed by atoms with E-state index in [1.54, 1.807) is 0 Å². The number of thioether (sulfide) groups is 1. The molecular weight excluding hydrogens is 205 g/mol. The second kappa shape index (κ2) is 6.92. The number of carbonyl (C=O) groups excluding carboxylic acids is 1. The molecule has 0 aromatic heterocycles. The maximum atomic E-state index is 11.7. The topological polar surface area (TPSA) is 38.3 Å². The number of alkyl halides is 1. The third kappa shape index (κ3) is 9.64. The van der Waals surface area contributed by atoms with Crippen LogP contribution in [0.25, 0.3) is 0 Å². The van der Waals surface area contributed by atoms with E-state index in [9.17, 15) is 9.18 Å². The van der Waals surface area contributed by atoms with Crippen LogP contribution in [-0.2, 0) is 4.74 Å². The number of rotatable bonds is 5. The van der Waals surface area contributed by atoms with Crippen molar-refractivity contribution in [2.45, 2.75) is 26.3 Å². The number of hydrogen-bond acceptors (Lipinski definition) is 3. The number of ether oxygens (including phenoxy) is 1. The molecule has 0 aromatic carbocycles. The third-order valence-corrected chi connectivity index (χ3v) is 2.06. The van der Waals surface area contributed by atoms with E-state index in [4.69, 9.17) is 4.74 Å². The van der Waals surface area contributed by atoms with Crippen LogP contribution in [0, 0.1) is 0 Å². The predicted octanol–water partition coefficient (Wildman–Crippen LogP) is 2.21. The number of carbonyl (C=O) groups is 1. The molecule has 0 rings (SSSR count). The van der Waals surface area contributed by atoms with Gasteiger partial charge in [0.05, 0.1) is 6.67 Å². The van der Waals surface area contributed by atoms with E-state index in [0.29, 0.717) is 18.1 Å². The second-order valence-corrected chi connectivity index (χ2v) is 5.04. The van der Waals surface area contributed by atoms with Crippen molar-refractivity contribution in [3.63, 3.8) is 0 Å². The van der Waals surface area contributed by atoms with Gasteiger partial charge in [0.15, 0.2) is 0 Å². The lowest BCUT2D eigenvalue weighted by Crippen LogP contribution is -2.41. The molecule has 3 nitrogen and oxygen atoms in total. The molecule has 0 unspecified atom stereocenters. The normalized spacial score (nSPS) is 11.1. The van der Waals surface area contributed by atoms with Gasteiger partial charge in [-0.3, -0.25) is 4.39 Å². The van der Waals surface area contributed by atoms with E-state index < -0.39 is 6.09 Å². The zero-order valence-electron chi connectivity index (χ0n) is 8.93. The Morgan fingerprint density at radius 1 is 1.43 bits per heavy atom. The quantitative estimate of drug-likeness (QED) is 0.726. The monoisotopic (exact) mass is 223 g/mol. The minimum absolute atomic E-state index is 0.275. The highest BCUT2D eigenvalue weighted by Crippen LogP contribution is 2.01. The van der Waals surface area contributed by atoms with Crippen molar-refractivity contribution in [2.24, 2.45) is 0 Å². The van der Waals surface area contributed by atoms with Gasteiger partial charge in [0.1, 0.15) is 6.61 Å². The molecule has 1 amide bonds. The van der Waals surface area contributed by atoms with Crippen LogP contribution in [0.4, 0.5) is 9.18 Å². The molecule has 0 aliphatic carbocycles. The van der Waals surface area contributed by atoms with Crippen LogP contribution in [0.5, 0.6) is 0 Å². The predicted molar refractivity (Wildman–Crippen MR) is 57.5 cm³/mol. The third-order valence-electron chi connectivity index (χ3n) is 1.16. The van der Waals surface area contributed by atoms with Crippen LogP contribution in [-0.4, -0.2) is 36.4 Å². The van der Waals surface area contributed by atoms with Crippen LogP contribution in [0.2, 0.25) is 0 Å². The zero-order chi connectivity index (χ0) is 11.0. The van der Waals surface area contributed by atoms with E-state index >= 15 is 0 Å². The lowest BCUT2D eigenvalue weighted by atomic mass is 10.1. The summed E-state index contributed by atoms with van der Waals surface area (Å²) < 4.78 is 16.5. The minimum atomic E-state index is -0.418. The summed E-state index contributed by atoms with van der Waals surface area (Å²) in [5, 5.41) is 2.67. The maximum absolute atomic E-state index is 11.7. The van der Waals surface area contributed by atoms with Gasteiger partial charge in [-0.05, 0) is 20.8 Å². The molecule has 1 N–H and O–H groups in total. The highest BCUT2D eigenvalue weighted by atomic mass is 32.2. The Labute approximate surface area is 88.8 Å². The Morgan fingerprint density at radius 3 is 2.57 bits per heavy atom. The van der Waals surface area contributed by atoms with Gasteiger partial charge in [-0.25, -0.2) is 4.79 Å². The summed E-state index contributed by atoms with van der Waals surface area (Å²) in [7, 11) is 0. The number of alkyl carbamates (subject to hydrolysis) is 1. The average molecular weight is 223 g/mol. The first-order chi connectivity index (χ1) is 6.45. The van der Waals surface area contributed by atoms with E-state index in [1.807, 2.05) is 20.8 Å². The fraction of sp³-hybridized carbons (Fsp3) is 0.889. The van der Waals surface area contributed by atoms with Crippen LogP contribution in [0.15, 0.2) is 0 Å². The summed E-state index contributed by atoms with van der Waals surface area (Å²) in [5.74, 6) is 1.10. The second-order valence-electron chi connectivity index (χ2n) is 3.81. The zero-order valence-corrected chi connectivity index (χ0v) is 9.75. The molecule has 14 heavy (non-hydrogen) atoms. The maximum Gasteiger partial charge on any atom is 0.407 e. The average Bonchev–Trinajstić information content (AvgIpc) is 2.00. The lowest BCUT2D eigenvalue weighted by Gasteiger charge is -2.19. The molecule has 0 atom stereocenters.